The average Bonchev–Trinajstić information content (AvgIpc) is 2.11. The third kappa shape index (κ3) is 3.76. The van der Waals surface area contributed by atoms with Gasteiger partial charge in [0.25, 0.3) is 0 Å². The lowest BCUT2D eigenvalue weighted by atomic mass is 9.97. The molecule has 0 bridgehead atoms. The maximum atomic E-state index is 13.3. The second kappa shape index (κ2) is 5.21. The van der Waals surface area contributed by atoms with Crippen molar-refractivity contribution in [2.45, 2.75) is 39.5 Å². The van der Waals surface area contributed by atoms with Crippen LogP contribution in [-0.2, 0) is 10.0 Å². The normalized spacial score (nSPS) is 13.1. The SMILES string of the molecule is Cc1cc(F)cc(C)c1S(=O)(=O)N(C)CC(C)(C)C. The van der Waals surface area contributed by atoms with E-state index in [4.69, 9.17) is 0 Å². The van der Waals surface area contributed by atoms with Crippen LogP contribution in [0.1, 0.15) is 31.9 Å². The topological polar surface area (TPSA) is 37.4 Å². The van der Waals surface area contributed by atoms with Crippen LogP contribution in [0.4, 0.5) is 4.39 Å². The second-order valence-corrected chi connectivity index (χ2v) is 8.17. The molecule has 0 spiro atoms. The summed E-state index contributed by atoms with van der Waals surface area (Å²) in [7, 11) is -2.03. The van der Waals surface area contributed by atoms with E-state index in [0.29, 0.717) is 17.7 Å². The van der Waals surface area contributed by atoms with Crippen LogP contribution in [0.2, 0.25) is 0 Å². The first kappa shape index (κ1) is 16.1. The summed E-state index contributed by atoms with van der Waals surface area (Å²) >= 11 is 0. The maximum Gasteiger partial charge on any atom is 0.243 e. The quantitative estimate of drug-likeness (QED) is 0.856. The Bertz CT molecular complexity index is 551. The average molecular weight is 287 g/mol. The fourth-order valence-electron chi connectivity index (χ4n) is 2.21. The Balaban J connectivity index is 3.29. The molecule has 0 N–H and O–H groups in total. The van der Waals surface area contributed by atoms with Crippen LogP contribution in [0.25, 0.3) is 0 Å². The molecule has 19 heavy (non-hydrogen) atoms. The zero-order valence-electron chi connectivity index (χ0n) is 12.4. The molecule has 3 nitrogen and oxygen atoms in total. The molecule has 0 aliphatic rings. The van der Waals surface area contributed by atoms with Crippen LogP contribution in [-0.4, -0.2) is 26.3 Å². The first-order valence-electron chi connectivity index (χ1n) is 6.18. The molecule has 0 saturated heterocycles. The van der Waals surface area contributed by atoms with Gasteiger partial charge in [0.05, 0.1) is 4.90 Å². The molecule has 0 atom stereocenters. The molecule has 108 valence electrons. The molecular weight excluding hydrogens is 265 g/mol. The number of hydrogen-bond donors (Lipinski definition) is 0. The molecule has 0 amide bonds. The van der Waals surface area contributed by atoms with Gasteiger partial charge >= 0.3 is 0 Å². The molecule has 0 aliphatic heterocycles. The van der Waals surface area contributed by atoms with Crippen molar-refractivity contribution >= 4 is 10.0 Å². The Kier molecular flexibility index (Phi) is 4.42. The predicted octanol–water partition coefficient (Wildman–Crippen LogP) is 3.11. The van der Waals surface area contributed by atoms with Gasteiger partial charge in [-0.05, 0) is 42.5 Å². The highest BCUT2D eigenvalue weighted by atomic mass is 32.2. The van der Waals surface area contributed by atoms with Crippen molar-refractivity contribution in [3.8, 4) is 0 Å². The van der Waals surface area contributed by atoms with Gasteiger partial charge in [0.15, 0.2) is 0 Å². The van der Waals surface area contributed by atoms with E-state index in [1.165, 1.54) is 16.4 Å². The Morgan fingerprint density at radius 3 is 1.95 bits per heavy atom. The van der Waals surface area contributed by atoms with Crippen molar-refractivity contribution < 1.29 is 12.8 Å². The summed E-state index contributed by atoms with van der Waals surface area (Å²) in [5.74, 6) is -0.410. The minimum atomic E-state index is -3.58. The third-order valence-corrected chi connectivity index (χ3v) is 4.90. The fourth-order valence-corrected chi connectivity index (χ4v) is 4.01. The smallest absolute Gasteiger partial charge is 0.207 e. The summed E-state index contributed by atoms with van der Waals surface area (Å²) in [4.78, 5) is 0.209. The summed E-state index contributed by atoms with van der Waals surface area (Å²) in [6, 6.07) is 2.51. The number of benzene rings is 1. The molecule has 0 fully saturated rings. The summed E-state index contributed by atoms with van der Waals surface area (Å²) in [6.07, 6.45) is 0. The first-order chi connectivity index (χ1) is 8.45. The maximum absolute atomic E-state index is 13.3. The molecule has 5 heteroatoms. The molecule has 0 aliphatic carbocycles. The lowest BCUT2D eigenvalue weighted by molar-refractivity contribution is 0.310. The van der Waals surface area contributed by atoms with Crippen LogP contribution in [0, 0.1) is 25.1 Å². The molecule has 0 aromatic heterocycles. The van der Waals surface area contributed by atoms with E-state index in [1.807, 2.05) is 20.8 Å². The molecule has 0 saturated carbocycles. The lowest BCUT2D eigenvalue weighted by Gasteiger charge is -2.27. The molecule has 1 aromatic carbocycles. The van der Waals surface area contributed by atoms with Gasteiger partial charge in [-0.1, -0.05) is 20.8 Å². The van der Waals surface area contributed by atoms with Crippen LogP contribution in [0.15, 0.2) is 17.0 Å². The highest BCUT2D eigenvalue weighted by molar-refractivity contribution is 7.89. The van der Waals surface area contributed by atoms with Gasteiger partial charge in [-0.15, -0.1) is 0 Å². The van der Waals surface area contributed by atoms with Crippen molar-refractivity contribution in [1.82, 2.24) is 4.31 Å². The lowest BCUT2D eigenvalue weighted by Crippen LogP contribution is -2.35. The van der Waals surface area contributed by atoms with Crippen molar-refractivity contribution in [2.75, 3.05) is 13.6 Å². The Labute approximate surface area is 115 Å². The van der Waals surface area contributed by atoms with Crippen LogP contribution >= 0.6 is 0 Å². The van der Waals surface area contributed by atoms with Crippen molar-refractivity contribution in [1.29, 1.82) is 0 Å². The second-order valence-electron chi connectivity index (χ2n) is 6.19. The largest absolute Gasteiger partial charge is 0.243 e. The van der Waals surface area contributed by atoms with Crippen molar-refractivity contribution in [3.63, 3.8) is 0 Å². The Morgan fingerprint density at radius 2 is 1.58 bits per heavy atom. The van der Waals surface area contributed by atoms with E-state index in [0.717, 1.165) is 0 Å². The number of halogens is 1. The molecule has 0 unspecified atom stereocenters. The van der Waals surface area contributed by atoms with Gasteiger partial charge in [-0.3, -0.25) is 0 Å². The summed E-state index contributed by atoms with van der Waals surface area (Å²) in [5, 5.41) is 0. The summed E-state index contributed by atoms with van der Waals surface area (Å²) in [5.41, 5.74) is 0.750. The van der Waals surface area contributed by atoms with Crippen molar-refractivity contribution in [2.24, 2.45) is 5.41 Å². The number of sulfonamides is 1. The summed E-state index contributed by atoms with van der Waals surface area (Å²) < 4.78 is 39.7. The van der Waals surface area contributed by atoms with Crippen LogP contribution in [0.3, 0.4) is 0 Å². The Hall–Kier alpha value is -0.940. The van der Waals surface area contributed by atoms with E-state index in [-0.39, 0.29) is 10.3 Å². The van der Waals surface area contributed by atoms with E-state index >= 15 is 0 Å². The Morgan fingerprint density at radius 1 is 1.16 bits per heavy atom. The number of nitrogens with zero attached hydrogens (tertiary/aromatic N) is 1. The molecule has 1 aromatic rings. The van der Waals surface area contributed by atoms with E-state index in [9.17, 15) is 12.8 Å². The molecule has 0 heterocycles. The van der Waals surface area contributed by atoms with E-state index in [2.05, 4.69) is 0 Å². The molecule has 0 radical (unpaired) electrons. The van der Waals surface area contributed by atoms with Gasteiger partial charge < -0.3 is 0 Å². The van der Waals surface area contributed by atoms with Gasteiger partial charge in [0, 0.05) is 13.6 Å². The van der Waals surface area contributed by atoms with Crippen molar-refractivity contribution in [3.05, 3.63) is 29.1 Å². The van der Waals surface area contributed by atoms with E-state index in [1.54, 1.807) is 20.9 Å². The minimum Gasteiger partial charge on any atom is -0.207 e. The zero-order valence-corrected chi connectivity index (χ0v) is 13.2. The van der Waals surface area contributed by atoms with Gasteiger partial charge in [-0.25, -0.2) is 17.1 Å². The summed E-state index contributed by atoms with van der Waals surface area (Å²) in [6.45, 7) is 9.57. The standard InChI is InChI=1S/C14H22FNO2S/c1-10-7-12(15)8-11(2)13(10)19(17,18)16(6)9-14(3,4)5/h7-8H,9H2,1-6H3. The highest BCUT2D eigenvalue weighted by Gasteiger charge is 2.28. The van der Waals surface area contributed by atoms with Crippen LogP contribution < -0.4 is 0 Å². The van der Waals surface area contributed by atoms with Crippen LogP contribution in [0.5, 0.6) is 0 Å². The predicted molar refractivity (Wildman–Crippen MR) is 75.1 cm³/mol. The molecule has 1 rings (SSSR count). The first-order valence-corrected chi connectivity index (χ1v) is 7.62. The third-order valence-electron chi connectivity index (χ3n) is 2.79. The van der Waals surface area contributed by atoms with Gasteiger partial charge in [0.1, 0.15) is 5.82 Å². The minimum absolute atomic E-state index is 0.135. The number of hydrogen-bond acceptors (Lipinski definition) is 2. The highest BCUT2D eigenvalue weighted by Crippen LogP contribution is 2.26. The number of rotatable bonds is 3. The van der Waals surface area contributed by atoms with Gasteiger partial charge in [-0.2, -0.15) is 0 Å². The monoisotopic (exact) mass is 287 g/mol. The van der Waals surface area contributed by atoms with Gasteiger partial charge in [0.2, 0.25) is 10.0 Å². The zero-order chi connectivity index (χ0) is 15.0. The molecular formula is C14H22FNO2S. The fraction of sp³-hybridized carbons (Fsp3) is 0.571. The number of aryl methyl sites for hydroxylation is 2. The van der Waals surface area contributed by atoms with E-state index < -0.39 is 15.8 Å².